The first-order valence-corrected chi connectivity index (χ1v) is 8.60. The lowest BCUT2D eigenvalue weighted by atomic mass is 10.00. The van der Waals surface area contributed by atoms with Gasteiger partial charge in [0.05, 0.1) is 6.54 Å². The minimum absolute atomic E-state index is 0. The molecule has 2 atom stereocenters. The number of rotatable bonds is 4. The maximum atomic E-state index is 12.4. The quantitative estimate of drug-likeness (QED) is 0.812. The summed E-state index contributed by atoms with van der Waals surface area (Å²) >= 11 is 0. The highest BCUT2D eigenvalue weighted by Crippen LogP contribution is 2.21. The van der Waals surface area contributed by atoms with Crippen LogP contribution in [0.15, 0.2) is 0 Å². The third-order valence-electron chi connectivity index (χ3n) is 5.11. The number of likely N-dealkylation sites (tertiary alicyclic amines) is 1. The Labute approximate surface area is 144 Å². The minimum atomic E-state index is 0. The van der Waals surface area contributed by atoms with E-state index in [9.17, 15) is 9.59 Å². The molecule has 2 amide bonds. The van der Waals surface area contributed by atoms with Crippen molar-refractivity contribution < 1.29 is 14.3 Å². The number of halogens is 1. The second kappa shape index (κ2) is 8.85. The molecule has 0 aromatic heterocycles. The fraction of sp³-hybridized carbons (Fsp3) is 0.875. The summed E-state index contributed by atoms with van der Waals surface area (Å²) in [6.07, 6.45) is 4.67. The summed E-state index contributed by atoms with van der Waals surface area (Å²) in [4.78, 5) is 28.4. The SMILES string of the molecule is Cl.O=C(CCC1CCOC1)N1CCCC(N2CCNCC2=O)C1. The lowest BCUT2D eigenvalue weighted by Crippen LogP contribution is -2.57. The first kappa shape index (κ1) is 18.5. The number of nitrogens with zero attached hydrogens (tertiary/aromatic N) is 2. The van der Waals surface area contributed by atoms with Gasteiger partial charge in [-0.05, 0) is 31.6 Å². The monoisotopic (exact) mass is 345 g/mol. The predicted octanol–water partition coefficient (Wildman–Crippen LogP) is 0.648. The van der Waals surface area contributed by atoms with E-state index in [1.807, 2.05) is 9.80 Å². The molecule has 0 aromatic carbocycles. The molecular formula is C16H28ClN3O3. The van der Waals surface area contributed by atoms with Gasteiger partial charge in [-0.25, -0.2) is 0 Å². The van der Waals surface area contributed by atoms with Gasteiger partial charge in [-0.3, -0.25) is 9.59 Å². The minimum Gasteiger partial charge on any atom is -0.381 e. The Balaban J connectivity index is 0.00000192. The zero-order valence-electron chi connectivity index (χ0n) is 13.7. The first-order valence-electron chi connectivity index (χ1n) is 8.60. The zero-order chi connectivity index (χ0) is 15.4. The van der Waals surface area contributed by atoms with Gasteiger partial charge in [-0.2, -0.15) is 0 Å². The molecular weight excluding hydrogens is 318 g/mol. The summed E-state index contributed by atoms with van der Waals surface area (Å²) in [5.74, 6) is 0.979. The molecule has 3 heterocycles. The highest BCUT2D eigenvalue weighted by Gasteiger charge is 2.31. The maximum absolute atomic E-state index is 12.4. The van der Waals surface area contributed by atoms with Crippen LogP contribution in [-0.2, 0) is 14.3 Å². The Morgan fingerprint density at radius 3 is 2.91 bits per heavy atom. The second-order valence-corrected chi connectivity index (χ2v) is 6.67. The van der Waals surface area contributed by atoms with Crippen molar-refractivity contribution in [2.24, 2.45) is 5.92 Å². The molecule has 3 fully saturated rings. The van der Waals surface area contributed by atoms with Crippen LogP contribution in [-0.4, -0.2) is 73.6 Å². The fourth-order valence-corrected chi connectivity index (χ4v) is 3.74. The Hall–Kier alpha value is -0.850. The summed E-state index contributed by atoms with van der Waals surface area (Å²) in [6, 6.07) is 0.210. The van der Waals surface area contributed by atoms with Crippen LogP contribution in [0.25, 0.3) is 0 Å². The summed E-state index contributed by atoms with van der Waals surface area (Å²) in [7, 11) is 0. The third kappa shape index (κ3) is 4.81. The normalized spacial score (nSPS) is 28.6. The molecule has 0 bridgehead atoms. The van der Waals surface area contributed by atoms with E-state index in [1.54, 1.807) is 0 Å². The van der Waals surface area contributed by atoms with Gasteiger partial charge in [0.2, 0.25) is 11.8 Å². The number of hydrogen-bond donors (Lipinski definition) is 1. The molecule has 0 saturated carbocycles. The molecule has 3 rings (SSSR count). The van der Waals surface area contributed by atoms with Crippen LogP contribution in [0.1, 0.15) is 32.1 Å². The van der Waals surface area contributed by atoms with Crippen molar-refractivity contribution in [1.82, 2.24) is 15.1 Å². The van der Waals surface area contributed by atoms with E-state index < -0.39 is 0 Å². The molecule has 132 valence electrons. The van der Waals surface area contributed by atoms with E-state index in [0.717, 1.165) is 58.5 Å². The predicted molar refractivity (Wildman–Crippen MR) is 89.6 cm³/mol. The van der Waals surface area contributed by atoms with Crippen molar-refractivity contribution >= 4 is 24.2 Å². The van der Waals surface area contributed by atoms with E-state index >= 15 is 0 Å². The van der Waals surface area contributed by atoms with E-state index in [4.69, 9.17) is 4.74 Å². The smallest absolute Gasteiger partial charge is 0.236 e. The number of nitrogens with one attached hydrogen (secondary N) is 1. The van der Waals surface area contributed by atoms with Crippen molar-refractivity contribution in [1.29, 1.82) is 0 Å². The number of amides is 2. The molecule has 3 aliphatic rings. The van der Waals surface area contributed by atoms with E-state index in [-0.39, 0.29) is 30.3 Å². The van der Waals surface area contributed by atoms with Gasteiger partial charge in [0.1, 0.15) is 0 Å². The lowest BCUT2D eigenvalue weighted by molar-refractivity contribution is -0.140. The van der Waals surface area contributed by atoms with E-state index in [2.05, 4.69) is 5.32 Å². The highest BCUT2D eigenvalue weighted by molar-refractivity contribution is 5.85. The Kier molecular flexibility index (Phi) is 7.11. The lowest BCUT2D eigenvalue weighted by Gasteiger charge is -2.41. The number of ether oxygens (including phenoxy) is 1. The highest BCUT2D eigenvalue weighted by atomic mass is 35.5. The standard InChI is InChI=1S/C16H27N3O3.ClH/c20-15(4-3-13-5-9-22-12-13)18-7-1-2-14(11-18)19-8-6-17-10-16(19)21;/h13-14,17H,1-12H2;1H. The topological polar surface area (TPSA) is 61.9 Å². The van der Waals surface area contributed by atoms with E-state index in [1.165, 1.54) is 0 Å². The number of carbonyl (C=O) groups excluding carboxylic acids is 2. The number of piperazine rings is 1. The van der Waals surface area contributed by atoms with Gasteiger partial charge < -0.3 is 19.9 Å². The van der Waals surface area contributed by atoms with Crippen LogP contribution in [0.2, 0.25) is 0 Å². The van der Waals surface area contributed by atoms with Crippen LogP contribution in [0.3, 0.4) is 0 Å². The van der Waals surface area contributed by atoms with Crippen LogP contribution in [0.4, 0.5) is 0 Å². The van der Waals surface area contributed by atoms with Crippen molar-refractivity contribution in [3.05, 3.63) is 0 Å². The molecule has 7 heteroatoms. The van der Waals surface area contributed by atoms with Gasteiger partial charge in [0, 0.05) is 51.9 Å². The fourth-order valence-electron chi connectivity index (χ4n) is 3.74. The summed E-state index contributed by atoms with van der Waals surface area (Å²) in [6.45, 7) is 5.28. The molecule has 0 aromatic rings. The van der Waals surface area contributed by atoms with Crippen molar-refractivity contribution in [3.63, 3.8) is 0 Å². The maximum Gasteiger partial charge on any atom is 0.236 e. The van der Waals surface area contributed by atoms with Gasteiger partial charge >= 0.3 is 0 Å². The average molecular weight is 346 g/mol. The van der Waals surface area contributed by atoms with E-state index in [0.29, 0.717) is 25.4 Å². The molecule has 23 heavy (non-hydrogen) atoms. The second-order valence-electron chi connectivity index (χ2n) is 6.67. The average Bonchev–Trinajstić information content (AvgIpc) is 3.06. The summed E-state index contributed by atoms with van der Waals surface area (Å²) < 4.78 is 5.37. The van der Waals surface area contributed by atoms with Crippen molar-refractivity contribution in [3.8, 4) is 0 Å². The Bertz CT molecular complexity index is 415. The Morgan fingerprint density at radius 2 is 2.17 bits per heavy atom. The molecule has 6 nitrogen and oxygen atoms in total. The summed E-state index contributed by atoms with van der Waals surface area (Å²) in [5.41, 5.74) is 0. The molecule has 0 spiro atoms. The third-order valence-corrected chi connectivity index (χ3v) is 5.11. The molecule has 3 saturated heterocycles. The molecule has 1 N–H and O–H groups in total. The first-order chi connectivity index (χ1) is 10.7. The van der Waals surface area contributed by atoms with Crippen molar-refractivity contribution in [2.75, 3.05) is 45.9 Å². The zero-order valence-corrected chi connectivity index (χ0v) is 14.5. The number of hydrogen-bond acceptors (Lipinski definition) is 4. The van der Waals surface area contributed by atoms with Crippen LogP contribution in [0, 0.1) is 5.92 Å². The summed E-state index contributed by atoms with van der Waals surface area (Å²) in [5, 5.41) is 3.11. The molecule has 2 unspecified atom stereocenters. The van der Waals surface area contributed by atoms with Gasteiger partial charge in [-0.1, -0.05) is 0 Å². The van der Waals surface area contributed by atoms with Crippen LogP contribution < -0.4 is 5.32 Å². The van der Waals surface area contributed by atoms with Crippen molar-refractivity contribution in [2.45, 2.75) is 38.1 Å². The molecule has 3 aliphatic heterocycles. The van der Waals surface area contributed by atoms with Gasteiger partial charge in [-0.15, -0.1) is 12.4 Å². The van der Waals surface area contributed by atoms with Crippen LogP contribution >= 0.6 is 12.4 Å². The largest absolute Gasteiger partial charge is 0.381 e. The number of piperidine rings is 1. The Morgan fingerprint density at radius 1 is 1.30 bits per heavy atom. The number of carbonyl (C=O) groups is 2. The molecule has 0 radical (unpaired) electrons. The van der Waals surface area contributed by atoms with Gasteiger partial charge in [0.25, 0.3) is 0 Å². The van der Waals surface area contributed by atoms with Gasteiger partial charge in [0.15, 0.2) is 0 Å². The van der Waals surface area contributed by atoms with Crippen LogP contribution in [0.5, 0.6) is 0 Å². The molecule has 0 aliphatic carbocycles.